The average molecular weight is 399 g/mol. The maximum atomic E-state index is 13.1. The van der Waals surface area contributed by atoms with Gasteiger partial charge in [0.05, 0.1) is 6.26 Å². The van der Waals surface area contributed by atoms with Gasteiger partial charge in [-0.3, -0.25) is 9.69 Å². The van der Waals surface area contributed by atoms with Gasteiger partial charge in [0.1, 0.15) is 5.76 Å². The smallest absolute Gasteiger partial charge is 0.253 e. The molecule has 5 heteroatoms. The normalized spacial score (nSPS) is 15.0. The molecule has 1 aliphatic rings. The van der Waals surface area contributed by atoms with E-state index in [1.165, 1.54) is 5.56 Å². The summed E-state index contributed by atoms with van der Waals surface area (Å²) in [5.74, 6) is 0.907. The Morgan fingerprint density at radius 2 is 1.80 bits per heavy atom. The van der Waals surface area contributed by atoms with Gasteiger partial charge in [-0.15, -0.1) is 0 Å². The Hall–Kier alpha value is -3.31. The summed E-state index contributed by atoms with van der Waals surface area (Å²) < 4.78 is 5.55. The zero-order chi connectivity index (χ0) is 20.3. The highest BCUT2D eigenvalue weighted by molar-refractivity contribution is 6.02. The van der Waals surface area contributed by atoms with Gasteiger partial charge in [0.2, 0.25) is 0 Å². The number of rotatable bonds is 5. The summed E-state index contributed by atoms with van der Waals surface area (Å²) in [6.45, 7) is 4.41. The molecule has 152 valence electrons. The Bertz CT molecular complexity index is 1120. The number of carbonyl (C=O) groups is 1. The molecule has 1 aliphatic heterocycles. The summed E-state index contributed by atoms with van der Waals surface area (Å²) in [7, 11) is 0. The van der Waals surface area contributed by atoms with E-state index in [4.69, 9.17) is 4.42 Å². The van der Waals surface area contributed by atoms with Gasteiger partial charge in [0.15, 0.2) is 0 Å². The molecule has 5 rings (SSSR count). The zero-order valence-electron chi connectivity index (χ0n) is 16.9. The molecule has 0 saturated carbocycles. The molecule has 1 amide bonds. The van der Waals surface area contributed by atoms with Gasteiger partial charge in [-0.05, 0) is 42.3 Å². The number of furan rings is 1. The molecule has 0 unspecified atom stereocenters. The van der Waals surface area contributed by atoms with Crippen molar-refractivity contribution >= 4 is 16.8 Å². The van der Waals surface area contributed by atoms with Gasteiger partial charge >= 0.3 is 0 Å². The first-order chi connectivity index (χ1) is 14.8. The summed E-state index contributed by atoms with van der Waals surface area (Å²) in [4.78, 5) is 20.8. The van der Waals surface area contributed by atoms with E-state index < -0.39 is 0 Å². The lowest BCUT2D eigenvalue weighted by atomic mass is 10.1. The molecule has 1 fully saturated rings. The van der Waals surface area contributed by atoms with Gasteiger partial charge in [-0.25, -0.2) is 0 Å². The first kappa shape index (κ1) is 18.7. The van der Waals surface area contributed by atoms with Crippen molar-refractivity contribution in [2.24, 2.45) is 0 Å². The van der Waals surface area contributed by atoms with Crippen LogP contribution in [0, 0.1) is 0 Å². The molecule has 0 bridgehead atoms. The van der Waals surface area contributed by atoms with Crippen molar-refractivity contribution < 1.29 is 9.21 Å². The number of fused-ring (bicyclic) bond motifs is 1. The van der Waals surface area contributed by atoms with Gasteiger partial charge in [0, 0.05) is 61.0 Å². The minimum Gasteiger partial charge on any atom is -0.464 e. The third-order valence-corrected chi connectivity index (χ3v) is 5.93. The largest absolute Gasteiger partial charge is 0.464 e. The second-order valence-corrected chi connectivity index (χ2v) is 7.81. The topological polar surface area (TPSA) is 52.5 Å². The molecule has 5 nitrogen and oxygen atoms in total. The van der Waals surface area contributed by atoms with Gasteiger partial charge in [-0.2, -0.15) is 0 Å². The molecule has 0 spiro atoms. The first-order valence-electron chi connectivity index (χ1n) is 10.5. The molecule has 1 saturated heterocycles. The third-order valence-electron chi connectivity index (χ3n) is 5.93. The van der Waals surface area contributed by atoms with Crippen molar-refractivity contribution in [2.45, 2.75) is 6.42 Å². The standard InChI is InChI=1S/C25H25N3O2/c29-25(28-14-12-27(13-15-28)11-10-19-5-2-1-3-6-19)20-8-9-23-21(17-20)22(18-26-23)24-7-4-16-30-24/h1-9,16-18,26H,10-15H2. The Kier molecular flexibility index (Phi) is 5.11. The Morgan fingerprint density at radius 3 is 2.57 bits per heavy atom. The Balaban J connectivity index is 1.24. The fourth-order valence-corrected chi connectivity index (χ4v) is 4.18. The fourth-order valence-electron chi connectivity index (χ4n) is 4.18. The number of nitrogens with one attached hydrogen (secondary N) is 1. The van der Waals surface area contributed by atoms with E-state index in [9.17, 15) is 4.79 Å². The van der Waals surface area contributed by atoms with Crippen LogP contribution in [0.3, 0.4) is 0 Å². The second kappa shape index (κ2) is 8.20. The van der Waals surface area contributed by atoms with E-state index in [1.54, 1.807) is 6.26 Å². The van der Waals surface area contributed by atoms with E-state index in [-0.39, 0.29) is 5.91 Å². The molecule has 4 aromatic rings. The molecule has 2 aromatic carbocycles. The van der Waals surface area contributed by atoms with Gasteiger partial charge in [0.25, 0.3) is 5.91 Å². The molecule has 0 aliphatic carbocycles. The van der Waals surface area contributed by atoms with E-state index in [1.807, 2.05) is 41.4 Å². The van der Waals surface area contributed by atoms with Crippen molar-refractivity contribution in [1.29, 1.82) is 0 Å². The average Bonchev–Trinajstić information content (AvgIpc) is 3.47. The van der Waals surface area contributed by atoms with Crippen LogP contribution in [-0.2, 0) is 6.42 Å². The van der Waals surface area contributed by atoms with Crippen molar-refractivity contribution in [3.8, 4) is 11.3 Å². The van der Waals surface area contributed by atoms with Crippen molar-refractivity contribution in [1.82, 2.24) is 14.8 Å². The number of nitrogens with zero attached hydrogens (tertiary/aromatic N) is 2. The zero-order valence-corrected chi connectivity index (χ0v) is 16.9. The number of piperazine rings is 1. The van der Waals surface area contributed by atoms with Crippen molar-refractivity contribution in [3.05, 3.63) is 84.3 Å². The number of benzene rings is 2. The molecule has 30 heavy (non-hydrogen) atoms. The molecule has 0 radical (unpaired) electrons. The Labute approximate surface area is 175 Å². The van der Waals surface area contributed by atoms with Crippen LogP contribution in [0.4, 0.5) is 0 Å². The summed E-state index contributed by atoms with van der Waals surface area (Å²) in [6.07, 6.45) is 4.65. The minimum absolute atomic E-state index is 0.103. The lowest BCUT2D eigenvalue weighted by molar-refractivity contribution is 0.0638. The van der Waals surface area contributed by atoms with Crippen LogP contribution in [0.1, 0.15) is 15.9 Å². The maximum absolute atomic E-state index is 13.1. The van der Waals surface area contributed by atoms with Gasteiger partial charge in [-0.1, -0.05) is 30.3 Å². The summed E-state index contributed by atoms with van der Waals surface area (Å²) >= 11 is 0. The highest BCUT2D eigenvalue weighted by Crippen LogP contribution is 2.30. The lowest BCUT2D eigenvalue weighted by Gasteiger charge is -2.34. The maximum Gasteiger partial charge on any atom is 0.253 e. The predicted molar refractivity (Wildman–Crippen MR) is 118 cm³/mol. The predicted octanol–water partition coefficient (Wildman–Crippen LogP) is 4.43. The highest BCUT2D eigenvalue weighted by Gasteiger charge is 2.22. The summed E-state index contributed by atoms with van der Waals surface area (Å²) in [5, 5.41) is 1.01. The van der Waals surface area contributed by atoms with Gasteiger partial charge < -0.3 is 14.3 Å². The molecular formula is C25H25N3O2. The van der Waals surface area contributed by atoms with E-state index >= 15 is 0 Å². The second-order valence-electron chi connectivity index (χ2n) is 7.81. The van der Waals surface area contributed by atoms with Crippen LogP contribution < -0.4 is 0 Å². The number of hydrogen-bond acceptors (Lipinski definition) is 3. The lowest BCUT2D eigenvalue weighted by Crippen LogP contribution is -2.49. The van der Waals surface area contributed by atoms with Crippen LogP contribution in [0.15, 0.2) is 77.5 Å². The molecular weight excluding hydrogens is 374 g/mol. The number of H-pyrrole nitrogens is 1. The number of hydrogen-bond donors (Lipinski definition) is 1. The third kappa shape index (κ3) is 3.76. The van der Waals surface area contributed by atoms with Crippen LogP contribution in [0.2, 0.25) is 0 Å². The van der Waals surface area contributed by atoms with Crippen molar-refractivity contribution in [2.75, 3.05) is 32.7 Å². The van der Waals surface area contributed by atoms with Crippen LogP contribution in [-0.4, -0.2) is 53.4 Å². The number of aromatic amines is 1. The number of aromatic nitrogens is 1. The SMILES string of the molecule is O=C(c1ccc2[nH]cc(-c3ccco3)c2c1)N1CCN(CCc2ccccc2)CC1. The van der Waals surface area contributed by atoms with Crippen LogP contribution in [0.25, 0.3) is 22.2 Å². The fraction of sp³-hybridized carbons (Fsp3) is 0.240. The first-order valence-corrected chi connectivity index (χ1v) is 10.5. The molecule has 1 N–H and O–H groups in total. The quantitative estimate of drug-likeness (QED) is 0.540. The Morgan fingerprint density at radius 1 is 0.967 bits per heavy atom. The number of carbonyl (C=O) groups excluding carboxylic acids is 1. The minimum atomic E-state index is 0.103. The van der Waals surface area contributed by atoms with Crippen molar-refractivity contribution in [3.63, 3.8) is 0 Å². The van der Waals surface area contributed by atoms with Crippen LogP contribution in [0.5, 0.6) is 0 Å². The molecule has 2 aromatic heterocycles. The number of amides is 1. The summed E-state index contributed by atoms with van der Waals surface area (Å²) in [5.41, 5.74) is 4.08. The molecule has 3 heterocycles. The molecule has 0 atom stereocenters. The van der Waals surface area contributed by atoms with Crippen LogP contribution >= 0.6 is 0 Å². The highest BCUT2D eigenvalue weighted by atomic mass is 16.3. The van der Waals surface area contributed by atoms with E-state index in [0.29, 0.717) is 0 Å². The van der Waals surface area contributed by atoms with E-state index in [0.717, 1.165) is 66.9 Å². The monoisotopic (exact) mass is 399 g/mol. The summed E-state index contributed by atoms with van der Waals surface area (Å²) in [6, 6.07) is 20.3. The van der Waals surface area contributed by atoms with E-state index in [2.05, 4.69) is 40.2 Å².